The lowest BCUT2D eigenvalue weighted by atomic mass is 10.2. The highest BCUT2D eigenvalue weighted by atomic mass is 35.5. The van der Waals surface area contributed by atoms with Crippen LogP contribution in [0.15, 0.2) is 58.3 Å². The Balaban J connectivity index is 0.00000242. The summed E-state index contributed by atoms with van der Waals surface area (Å²) >= 11 is 0. The van der Waals surface area contributed by atoms with E-state index in [1.54, 1.807) is 48.3 Å². The van der Waals surface area contributed by atoms with Crippen molar-refractivity contribution in [1.29, 1.82) is 0 Å². The number of aryl methyl sites for hydroxylation is 2. The minimum absolute atomic E-state index is 0. The van der Waals surface area contributed by atoms with Gasteiger partial charge in [-0.2, -0.15) is 0 Å². The second-order valence-electron chi connectivity index (χ2n) is 4.67. The number of sulfonamides is 2. The standard InChI is InChI=1S/C14H15NO4S2.ClH/c1-11-6-5-8-13(10-11)20(16,17)15-21(18,19)14-9-4-3-7-12(14)2;/h3-10,15H,1-2H3;1H. The van der Waals surface area contributed by atoms with Crippen LogP contribution in [0.1, 0.15) is 11.1 Å². The molecule has 0 radical (unpaired) electrons. The Morgan fingerprint density at radius 1 is 0.818 bits per heavy atom. The second-order valence-corrected chi connectivity index (χ2v) is 8.26. The van der Waals surface area contributed by atoms with Crippen molar-refractivity contribution in [1.82, 2.24) is 4.13 Å². The molecule has 5 nitrogen and oxygen atoms in total. The highest BCUT2D eigenvalue weighted by Gasteiger charge is 2.25. The first-order chi connectivity index (χ1) is 9.72. The maximum atomic E-state index is 12.2. The molecule has 0 aliphatic rings. The van der Waals surface area contributed by atoms with E-state index in [1.165, 1.54) is 18.2 Å². The van der Waals surface area contributed by atoms with Crippen LogP contribution in [-0.2, 0) is 20.0 Å². The van der Waals surface area contributed by atoms with Crippen molar-refractivity contribution in [3.63, 3.8) is 0 Å². The summed E-state index contributed by atoms with van der Waals surface area (Å²) in [5.74, 6) is 0. The normalized spacial score (nSPS) is 11.7. The average Bonchev–Trinajstić information content (AvgIpc) is 2.37. The minimum Gasteiger partial charge on any atom is -0.206 e. The lowest BCUT2D eigenvalue weighted by molar-refractivity contribution is 0.576. The molecular formula is C14H16ClNO4S2. The summed E-state index contributed by atoms with van der Waals surface area (Å²) in [6.07, 6.45) is 0. The maximum absolute atomic E-state index is 12.2. The van der Waals surface area contributed by atoms with E-state index in [2.05, 4.69) is 0 Å². The third kappa shape index (κ3) is 4.07. The van der Waals surface area contributed by atoms with E-state index in [1.807, 2.05) is 0 Å². The molecule has 2 rings (SSSR count). The molecule has 0 heterocycles. The van der Waals surface area contributed by atoms with Gasteiger partial charge >= 0.3 is 0 Å². The van der Waals surface area contributed by atoms with Crippen LogP contribution >= 0.6 is 12.4 Å². The van der Waals surface area contributed by atoms with Gasteiger partial charge in [0.25, 0.3) is 20.0 Å². The molecule has 0 saturated heterocycles. The molecule has 0 bridgehead atoms. The van der Waals surface area contributed by atoms with Gasteiger partial charge in [-0.25, -0.2) is 16.8 Å². The molecule has 0 atom stereocenters. The third-order valence-electron chi connectivity index (χ3n) is 2.90. The van der Waals surface area contributed by atoms with Crippen molar-refractivity contribution in [3.8, 4) is 0 Å². The fourth-order valence-electron chi connectivity index (χ4n) is 1.88. The summed E-state index contributed by atoms with van der Waals surface area (Å²) in [4.78, 5) is -0.138. The monoisotopic (exact) mass is 361 g/mol. The van der Waals surface area contributed by atoms with Gasteiger partial charge in [0, 0.05) is 0 Å². The Morgan fingerprint density at radius 3 is 2.05 bits per heavy atom. The van der Waals surface area contributed by atoms with Crippen LogP contribution in [0.4, 0.5) is 0 Å². The van der Waals surface area contributed by atoms with E-state index in [0.29, 0.717) is 5.56 Å². The molecular weight excluding hydrogens is 346 g/mol. The Kier molecular flexibility index (Phi) is 5.75. The molecule has 8 heteroatoms. The van der Waals surface area contributed by atoms with Gasteiger partial charge in [-0.15, -0.1) is 16.5 Å². The molecule has 0 spiro atoms. The van der Waals surface area contributed by atoms with Crippen molar-refractivity contribution in [3.05, 3.63) is 59.7 Å². The first-order valence-corrected chi connectivity index (χ1v) is 9.10. The number of rotatable bonds is 4. The van der Waals surface area contributed by atoms with Crippen molar-refractivity contribution < 1.29 is 16.8 Å². The van der Waals surface area contributed by atoms with E-state index in [4.69, 9.17) is 0 Å². The number of hydrogen-bond acceptors (Lipinski definition) is 4. The third-order valence-corrected chi connectivity index (χ3v) is 6.57. The van der Waals surface area contributed by atoms with Crippen molar-refractivity contribution in [2.75, 3.05) is 0 Å². The first-order valence-electron chi connectivity index (χ1n) is 6.13. The molecule has 2 aromatic rings. The summed E-state index contributed by atoms with van der Waals surface area (Å²) in [5.41, 5.74) is 1.20. The van der Waals surface area contributed by atoms with Crippen LogP contribution in [-0.4, -0.2) is 16.8 Å². The largest absolute Gasteiger partial charge is 0.254 e. The van der Waals surface area contributed by atoms with Crippen LogP contribution < -0.4 is 4.13 Å². The van der Waals surface area contributed by atoms with Crippen molar-refractivity contribution >= 4 is 32.5 Å². The number of halogens is 1. The molecule has 22 heavy (non-hydrogen) atoms. The van der Waals surface area contributed by atoms with Gasteiger partial charge in [-0.05, 0) is 43.2 Å². The van der Waals surface area contributed by atoms with Crippen LogP contribution in [0.25, 0.3) is 0 Å². The lowest BCUT2D eigenvalue weighted by Crippen LogP contribution is -2.31. The maximum Gasteiger partial charge on any atom is 0.254 e. The Bertz CT molecular complexity index is 877. The Morgan fingerprint density at radius 2 is 1.45 bits per heavy atom. The highest BCUT2D eigenvalue weighted by molar-refractivity contribution is 8.04. The highest BCUT2D eigenvalue weighted by Crippen LogP contribution is 2.17. The van der Waals surface area contributed by atoms with E-state index in [-0.39, 0.29) is 22.2 Å². The van der Waals surface area contributed by atoms with Crippen molar-refractivity contribution in [2.24, 2.45) is 0 Å². The summed E-state index contributed by atoms with van der Waals surface area (Å²) in [6, 6.07) is 12.2. The topological polar surface area (TPSA) is 80.3 Å². The predicted molar refractivity (Wildman–Crippen MR) is 87.1 cm³/mol. The van der Waals surface area contributed by atoms with Gasteiger partial charge in [0.05, 0.1) is 9.79 Å². The lowest BCUT2D eigenvalue weighted by Gasteiger charge is -2.10. The van der Waals surface area contributed by atoms with Crippen molar-refractivity contribution in [2.45, 2.75) is 23.6 Å². The fraction of sp³-hybridized carbons (Fsp3) is 0.143. The van der Waals surface area contributed by atoms with Crippen LogP contribution in [0.3, 0.4) is 0 Å². The number of benzene rings is 2. The van der Waals surface area contributed by atoms with Gasteiger partial charge in [0.15, 0.2) is 0 Å². The molecule has 0 aliphatic heterocycles. The summed E-state index contributed by atoms with van der Waals surface area (Å²) in [7, 11) is -8.29. The molecule has 1 N–H and O–H groups in total. The summed E-state index contributed by atoms with van der Waals surface area (Å²) in [6.45, 7) is 3.34. The van der Waals surface area contributed by atoms with Crippen LogP contribution in [0.5, 0.6) is 0 Å². The summed E-state index contributed by atoms with van der Waals surface area (Å²) in [5, 5.41) is 0. The van der Waals surface area contributed by atoms with E-state index in [9.17, 15) is 16.8 Å². The second kappa shape index (κ2) is 6.78. The van der Waals surface area contributed by atoms with Gasteiger partial charge < -0.3 is 0 Å². The molecule has 0 unspecified atom stereocenters. The first kappa shape index (κ1) is 18.6. The number of hydrogen-bond donors (Lipinski definition) is 1. The zero-order valence-corrected chi connectivity index (χ0v) is 14.4. The minimum atomic E-state index is -4.15. The Labute approximate surface area is 136 Å². The number of nitrogens with one attached hydrogen (secondary N) is 1. The molecule has 0 fully saturated rings. The molecule has 0 aliphatic carbocycles. The van der Waals surface area contributed by atoms with Gasteiger partial charge in [-0.3, -0.25) is 0 Å². The van der Waals surface area contributed by atoms with Crippen LogP contribution in [0, 0.1) is 13.8 Å². The molecule has 0 aromatic heterocycles. The smallest absolute Gasteiger partial charge is 0.206 e. The van der Waals surface area contributed by atoms with E-state index in [0.717, 1.165) is 5.56 Å². The SMILES string of the molecule is Cc1cccc(S(=O)(=O)NS(=O)(=O)c2ccccc2C)c1.Cl. The molecule has 0 amide bonds. The van der Waals surface area contributed by atoms with Gasteiger partial charge in [-0.1, -0.05) is 30.3 Å². The Hall–Kier alpha value is -1.41. The predicted octanol–water partition coefficient (Wildman–Crippen LogP) is 2.39. The zero-order chi connectivity index (χ0) is 15.7. The zero-order valence-electron chi connectivity index (χ0n) is 12.0. The molecule has 2 aromatic carbocycles. The van der Waals surface area contributed by atoms with E-state index >= 15 is 0 Å². The molecule has 0 saturated carbocycles. The van der Waals surface area contributed by atoms with Gasteiger partial charge in [0.1, 0.15) is 0 Å². The summed E-state index contributed by atoms with van der Waals surface area (Å²) < 4.78 is 50.6. The average molecular weight is 362 g/mol. The quantitative estimate of drug-likeness (QED) is 0.906. The molecule has 120 valence electrons. The van der Waals surface area contributed by atoms with E-state index < -0.39 is 20.0 Å². The fourth-order valence-corrected chi connectivity index (χ4v) is 5.13. The van der Waals surface area contributed by atoms with Crippen LogP contribution in [0.2, 0.25) is 0 Å². The van der Waals surface area contributed by atoms with Gasteiger partial charge in [0.2, 0.25) is 0 Å².